The largest absolute Gasteiger partial charge is 0.453 e. The Morgan fingerprint density at radius 1 is 1.62 bits per heavy atom. The average Bonchev–Trinajstić information content (AvgIpc) is 2.18. The maximum Gasteiger partial charge on any atom is 0.409 e. The van der Waals surface area contributed by atoms with Crippen LogP contribution in [0.3, 0.4) is 0 Å². The summed E-state index contributed by atoms with van der Waals surface area (Å²) < 4.78 is 14.8. The van der Waals surface area contributed by atoms with E-state index < -0.39 is 0 Å². The van der Waals surface area contributed by atoms with Crippen molar-refractivity contribution in [1.29, 1.82) is 0 Å². The van der Waals surface area contributed by atoms with Crippen LogP contribution in [0.25, 0.3) is 0 Å². The summed E-state index contributed by atoms with van der Waals surface area (Å²) in [6.07, 6.45) is -0.314. The highest BCUT2D eigenvalue weighted by molar-refractivity contribution is 5.68. The molecule has 0 bridgehead atoms. The predicted octanol–water partition coefficient (Wildman–Crippen LogP) is 0.100. The minimum absolute atomic E-state index is 0.0220. The van der Waals surface area contributed by atoms with Crippen molar-refractivity contribution in [1.82, 2.24) is 4.90 Å². The number of methoxy groups -OCH3 is 2. The van der Waals surface area contributed by atoms with Gasteiger partial charge in [0.25, 0.3) is 0 Å². The summed E-state index contributed by atoms with van der Waals surface area (Å²) in [6, 6.07) is -0.0220. The van der Waals surface area contributed by atoms with Gasteiger partial charge in [0.1, 0.15) is 0 Å². The van der Waals surface area contributed by atoms with Crippen LogP contribution in [0.5, 0.6) is 0 Å². The number of amides is 1. The van der Waals surface area contributed by atoms with Crippen LogP contribution in [-0.4, -0.2) is 57.6 Å². The summed E-state index contributed by atoms with van der Waals surface area (Å²) in [7, 11) is 2.98. The molecule has 5 heteroatoms. The number of nitrogens with zero attached hydrogens (tertiary/aromatic N) is 1. The molecule has 76 valence electrons. The lowest BCUT2D eigenvalue weighted by molar-refractivity contribution is -0.0291. The molecule has 1 saturated heterocycles. The van der Waals surface area contributed by atoms with Crippen molar-refractivity contribution >= 4 is 6.09 Å². The van der Waals surface area contributed by atoms with Gasteiger partial charge in [-0.05, 0) is 0 Å². The van der Waals surface area contributed by atoms with Gasteiger partial charge in [-0.1, -0.05) is 0 Å². The fraction of sp³-hybridized carbons (Fsp3) is 0.875. The lowest BCUT2D eigenvalue weighted by Gasteiger charge is -2.33. The van der Waals surface area contributed by atoms with Crippen molar-refractivity contribution in [2.75, 3.05) is 40.6 Å². The number of carbonyl (C=O) groups is 1. The summed E-state index contributed by atoms with van der Waals surface area (Å²) in [6.45, 7) is 2.13. The van der Waals surface area contributed by atoms with E-state index in [0.29, 0.717) is 26.4 Å². The van der Waals surface area contributed by atoms with Crippen LogP contribution < -0.4 is 0 Å². The molecular weight excluding hydrogens is 174 g/mol. The van der Waals surface area contributed by atoms with Gasteiger partial charge in [-0.25, -0.2) is 4.79 Å². The van der Waals surface area contributed by atoms with Crippen LogP contribution >= 0.6 is 0 Å². The number of ether oxygens (including phenoxy) is 3. The van der Waals surface area contributed by atoms with Gasteiger partial charge in [-0.15, -0.1) is 0 Å². The van der Waals surface area contributed by atoms with E-state index in [2.05, 4.69) is 4.74 Å². The Morgan fingerprint density at radius 2 is 2.38 bits per heavy atom. The second kappa shape index (κ2) is 5.04. The van der Waals surface area contributed by atoms with Gasteiger partial charge in [0.2, 0.25) is 0 Å². The Labute approximate surface area is 77.6 Å². The van der Waals surface area contributed by atoms with E-state index in [1.807, 2.05) is 0 Å². The third-order valence-electron chi connectivity index (χ3n) is 2.00. The molecule has 0 spiro atoms. The molecule has 0 radical (unpaired) electrons. The van der Waals surface area contributed by atoms with E-state index in [1.165, 1.54) is 7.11 Å². The molecule has 1 fully saturated rings. The molecule has 13 heavy (non-hydrogen) atoms. The lowest BCUT2D eigenvalue weighted by Crippen LogP contribution is -2.50. The first-order chi connectivity index (χ1) is 6.29. The van der Waals surface area contributed by atoms with Crippen molar-refractivity contribution in [2.24, 2.45) is 0 Å². The predicted molar refractivity (Wildman–Crippen MR) is 45.6 cm³/mol. The quantitative estimate of drug-likeness (QED) is 0.618. The Kier molecular flexibility index (Phi) is 3.98. The summed E-state index contributed by atoms with van der Waals surface area (Å²) >= 11 is 0. The molecule has 0 aromatic heterocycles. The maximum absolute atomic E-state index is 11.2. The monoisotopic (exact) mass is 189 g/mol. The van der Waals surface area contributed by atoms with E-state index in [1.54, 1.807) is 12.0 Å². The fourth-order valence-corrected chi connectivity index (χ4v) is 1.34. The smallest absolute Gasteiger partial charge is 0.409 e. The van der Waals surface area contributed by atoms with Crippen LogP contribution in [0.15, 0.2) is 0 Å². The number of carbonyl (C=O) groups excluding carboxylic acids is 1. The minimum atomic E-state index is -0.314. The molecule has 0 saturated carbocycles. The van der Waals surface area contributed by atoms with Crippen molar-refractivity contribution in [2.45, 2.75) is 6.04 Å². The van der Waals surface area contributed by atoms with Crippen molar-refractivity contribution in [3.05, 3.63) is 0 Å². The zero-order valence-corrected chi connectivity index (χ0v) is 7.99. The normalized spacial score (nSPS) is 22.9. The topological polar surface area (TPSA) is 48.0 Å². The first-order valence-corrected chi connectivity index (χ1v) is 4.21. The van der Waals surface area contributed by atoms with Gasteiger partial charge in [-0.3, -0.25) is 4.90 Å². The fourth-order valence-electron chi connectivity index (χ4n) is 1.34. The molecule has 1 unspecified atom stereocenters. The van der Waals surface area contributed by atoms with Crippen molar-refractivity contribution < 1.29 is 19.0 Å². The van der Waals surface area contributed by atoms with Gasteiger partial charge < -0.3 is 14.2 Å². The number of rotatable bonds is 2. The first kappa shape index (κ1) is 10.3. The number of hydrogen-bond acceptors (Lipinski definition) is 4. The van der Waals surface area contributed by atoms with Gasteiger partial charge in [0.15, 0.2) is 0 Å². The summed E-state index contributed by atoms with van der Waals surface area (Å²) in [4.78, 5) is 12.9. The van der Waals surface area contributed by atoms with Crippen LogP contribution in [0, 0.1) is 0 Å². The molecule has 1 aliphatic heterocycles. The average molecular weight is 189 g/mol. The van der Waals surface area contributed by atoms with Crippen LogP contribution in [-0.2, 0) is 14.2 Å². The molecular formula is C8H15NO4. The van der Waals surface area contributed by atoms with Crippen molar-refractivity contribution in [3.8, 4) is 0 Å². The Hall–Kier alpha value is -0.810. The lowest BCUT2D eigenvalue weighted by atomic mass is 10.2. The van der Waals surface area contributed by atoms with Crippen LogP contribution in [0.1, 0.15) is 0 Å². The molecule has 1 atom stereocenters. The second-order valence-corrected chi connectivity index (χ2v) is 2.85. The van der Waals surface area contributed by atoms with E-state index in [4.69, 9.17) is 9.47 Å². The molecule has 0 aliphatic carbocycles. The summed E-state index contributed by atoms with van der Waals surface area (Å²) in [5.74, 6) is 0. The molecule has 1 rings (SSSR count). The molecule has 0 aromatic carbocycles. The third-order valence-corrected chi connectivity index (χ3v) is 2.00. The standard InChI is InChI=1S/C8H15NO4/c1-11-5-7-6-13-4-3-9(7)8(10)12-2/h7H,3-6H2,1-2H3. The van der Waals surface area contributed by atoms with Gasteiger partial charge >= 0.3 is 6.09 Å². The molecule has 0 aromatic rings. The van der Waals surface area contributed by atoms with Crippen LogP contribution in [0.2, 0.25) is 0 Å². The Balaban J connectivity index is 2.50. The third kappa shape index (κ3) is 2.57. The highest BCUT2D eigenvalue weighted by atomic mass is 16.5. The van der Waals surface area contributed by atoms with E-state index in [-0.39, 0.29) is 12.1 Å². The Bertz CT molecular complexity index is 172. The number of morpholine rings is 1. The summed E-state index contributed by atoms with van der Waals surface area (Å²) in [5, 5.41) is 0. The van der Waals surface area contributed by atoms with E-state index in [9.17, 15) is 4.79 Å². The number of hydrogen-bond donors (Lipinski definition) is 0. The first-order valence-electron chi connectivity index (χ1n) is 4.21. The molecule has 1 amide bonds. The van der Waals surface area contributed by atoms with Gasteiger partial charge in [0, 0.05) is 13.7 Å². The second-order valence-electron chi connectivity index (χ2n) is 2.85. The molecule has 5 nitrogen and oxygen atoms in total. The zero-order chi connectivity index (χ0) is 9.68. The maximum atomic E-state index is 11.2. The molecule has 1 heterocycles. The van der Waals surface area contributed by atoms with E-state index in [0.717, 1.165) is 0 Å². The molecule has 0 N–H and O–H groups in total. The minimum Gasteiger partial charge on any atom is -0.453 e. The zero-order valence-electron chi connectivity index (χ0n) is 7.99. The SMILES string of the molecule is COCC1COCCN1C(=O)OC. The van der Waals surface area contributed by atoms with Gasteiger partial charge in [0.05, 0.1) is 33.0 Å². The van der Waals surface area contributed by atoms with Gasteiger partial charge in [-0.2, -0.15) is 0 Å². The van der Waals surface area contributed by atoms with Crippen molar-refractivity contribution in [3.63, 3.8) is 0 Å². The highest BCUT2D eigenvalue weighted by Crippen LogP contribution is 2.08. The highest BCUT2D eigenvalue weighted by Gasteiger charge is 2.27. The van der Waals surface area contributed by atoms with Crippen LogP contribution in [0.4, 0.5) is 4.79 Å². The summed E-state index contributed by atoms with van der Waals surface area (Å²) in [5.41, 5.74) is 0. The molecule has 1 aliphatic rings. The van der Waals surface area contributed by atoms with E-state index >= 15 is 0 Å². The Morgan fingerprint density at radius 3 is 3.00 bits per heavy atom.